The third-order valence-corrected chi connectivity index (χ3v) is 10.5. The standard InChI is InChI=1S/C42H28N3.Tl/c1-4-14-30(15-5-1)43(33-24-26-41-37(28-33)35-20-10-12-22-39(35)44(41)31-16-6-2-7-17-31)34-25-27-42-38(29-34)36-21-11-13-23-40(36)45(42)32-18-8-3-9-19-32;/h2-29H;. The molecule has 0 aliphatic rings. The first kappa shape index (κ1) is 27.2. The Bertz CT molecular complexity index is 2370. The quantitative estimate of drug-likeness (QED) is 0.159. The molecule has 0 radical (unpaired) electrons. The number of rotatable bonds is 5. The molecule has 4 heteroatoms. The predicted molar refractivity (Wildman–Crippen MR) is 195 cm³/mol. The molecule has 0 atom stereocenters. The number of benzene rings is 7. The molecule has 0 saturated carbocycles. The van der Waals surface area contributed by atoms with Gasteiger partial charge in [-0.15, -0.1) is 0 Å². The van der Waals surface area contributed by atoms with E-state index in [9.17, 15) is 0 Å². The molecule has 9 aromatic rings. The number of anilines is 3. The van der Waals surface area contributed by atoms with Crippen molar-refractivity contribution in [1.82, 2.24) is 9.13 Å². The molecule has 214 valence electrons. The van der Waals surface area contributed by atoms with Gasteiger partial charge in [0.2, 0.25) is 0 Å². The predicted octanol–water partition coefficient (Wildman–Crippen LogP) is 10.1. The van der Waals surface area contributed by atoms with Gasteiger partial charge in [0.1, 0.15) is 0 Å². The summed E-state index contributed by atoms with van der Waals surface area (Å²) in [6.07, 6.45) is 0. The SMILES string of the molecule is [Tl][c]1ccc(N(c2ccc3c(c2)c2ccccc2n3-c2ccccc2)c2ccc3c(c2)c2ccccc2n3-c2ccccc2)cc1. The summed E-state index contributed by atoms with van der Waals surface area (Å²) in [6.45, 7) is 0. The number of hydrogen-bond donors (Lipinski definition) is 0. The van der Waals surface area contributed by atoms with Gasteiger partial charge in [0, 0.05) is 0 Å². The van der Waals surface area contributed by atoms with Crippen LogP contribution in [0, 0.1) is 0 Å². The minimum atomic E-state index is 0.799. The zero-order chi connectivity index (χ0) is 30.6. The number of hydrogen-bond acceptors (Lipinski definition) is 1. The van der Waals surface area contributed by atoms with Crippen molar-refractivity contribution in [2.75, 3.05) is 4.90 Å². The average molecular weight is 779 g/mol. The Hall–Kier alpha value is -5.14. The molecule has 0 fully saturated rings. The van der Waals surface area contributed by atoms with Crippen molar-refractivity contribution in [3.8, 4) is 11.4 Å². The second-order valence-electron chi connectivity index (χ2n) is 11.7. The average Bonchev–Trinajstić information content (AvgIpc) is 3.62. The Morgan fingerprint density at radius 1 is 0.348 bits per heavy atom. The minimum absolute atomic E-state index is 0.799. The van der Waals surface area contributed by atoms with Crippen LogP contribution in [0.25, 0.3) is 55.0 Å². The van der Waals surface area contributed by atoms with Crippen LogP contribution in [-0.4, -0.2) is 34.9 Å². The van der Waals surface area contributed by atoms with Gasteiger partial charge in [-0.3, -0.25) is 0 Å². The van der Waals surface area contributed by atoms with E-state index in [1.165, 1.54) is 58.1 Å². The van der Waals surface area contributed by atoms with Crippen molar-refractivity contribution in [2.45, 2.75) is 0 Å². The van der Waals surface area contributed by atoms with Crippen LogP contribution in [-0.2, 0) is 0 Å². The maximum atomic E-state index is 2.41. The summed E-state index contributed by atoms with van der Waals surface area (Å²) in [6, 6.07) is 61.7. The molecular formula is C42H28N3Tl. The molecule has 9 rings (SSSR count). The molecule has 0 aliphatic carbocycles. The molecule has 3 nitrogen and oxygen atoms in total. The number of nitrogens with zero attached hydrogens (tertiary/aromatic N) is 3. The van der Waals surface area contributed by atoms with Gasteiger partial charge in [0.25, 0.3) is 0 Å². The zero-order valence-electron chi connectivity index (χ0n) is 25.1. The summed E-state index contributed by atoms with van der Waals surface area (Å²) in [5.74, 6) is 0. The normalized spacial score (nSPS) is 11.5. The molecule has 0 N–H and O–H groups in total. The topological polar surface area (TPSA) is 13.1 Å². The van der Waals surface area contributed by atoms with Gasteiger partial charge in [-0.25, -0.2) is 0 Å². The van der Waals surface area contributed by atoms with Crippen LogP contribution in [0.1, 0.15) is 0 Å². The third kappa shape index (κ3) is 4.37. The fourth-order valence-corrected chi connectivity index (χ4v) is 7.73. The molecule has 0 spiro atoms. The van der Waals surface area contributed by atoms with E-state index >= 15 is 0 Å². The van der Waals surface area contributed by atoms with Crippen molar-refractivity contribution in [3.63, 3.8) is 0 Å². The fraction of sp³-hybridized carbons (Fsp3) is 0. The van der Waals surface area contributed by atoms with E-state index in [2.05, 4.69) is 184 Å². The van der Waals surface area contributed by atoms with Crippen molar-refractivity contribution < 1.29 is 0 Å². The number of fused-ring (bicyclic) bond motifs is 6. The molecule has 2 heterocycles. The van der Waals surface area contributed by atoms with Crippen molar-refractivity contribution >= 4 is 89.6 Å². The second-order valence-corrected chi connectivity index (χ2v) is 14.3. The Balaban J connectivity index is 1.29. The Kier molecular flexibility index (Phi) is 6.52. The summed E-state index contributed by atoms with van der Waals surface area (Å²) in [5, 5.41) is 4.98. The van der Waals surface area contributed by atoms with Gasteiger partial charge in [0.15, 0.2) is 0 Å². The fourth-order valence-electron chi connectivity index (χ4n) is 6.98. The first-order valence-corrected chi connectivity index (χ1v) is 17.8. The zero-order valence-corrected chi connectivity index (χ0v) is 29.6. The summed E-state index contributed by atoms with van der Waals surface area (Å²) >= 11 is 0.799. The van der Waals surface area contributed by atoms with E-state index in [1.807, 2.05) is 0 Å². The Morgan fingerprint density at radius 2 is 0.739 bits per heavy atom. The van der Waals surface area contributed by atoms with Crippen LogP contribution < -0.4 is 8.02 Å². The molecule has 0 amide bonds. The Morgan fingerprint density at radius 3 is 1.22 bits per heavy atom. The van der Waals surface area contributed by atoms with Crippen molar-refractivity contribution in [2.24, 2.45) is 0 Å². The van der Waals surface area contributed by atoms with E-state index in [1.54, 1.807) is 0 Å². The van der Waals surface area contributed by atoms with Crippen LogP contribution >= 0.6 is 0 Å². The molecule has 0 aliphatic heterocycles. The third-order valence-electron chi connectivity index (χ3n) is 9.01. The number of aromatic nitrogens is 2. The van der Waals surface area contributed by atoms with Crippen LogP contribution in [0.4, 0.5) is 17.1 Å². The number of para-hydroxylation sites is 4. The van der Waals surface area contributed by atoms with Gasteiger partial charge in [-0.05, 0) is 0 Å². The Labute approximate surface area is 283 Å². The first-order chi connectivity index (χ1) is 22.7. The molecule has 7 aromatic carbocycles. The monoisotopic (exact) mass is 779 g/mol. The van der Waals surface area contributed by atoms with Gasteiger partial charge in [-0.2, -0.15) is 0 Å². The van der Waals surface area contributed by atoms with E-state index in [0.29, 0.717) is 0 Å². The molecule has 46 heavy (non-hydrogen) atoms. The van der Waals surface area contributed by atoms with Gasteiger partial charge in [-0.1, -0.05) is 36.4 Å². The summed E-state index contributed by atoms with van der Waals surface area (Å²) in [4.78, 5) is 2.41. The second kappa shape index (κ2) is 11.0. The molecule has 2 aromatic heterocycles. The van der Waals surface area contributed by atoms with Gasteiger partial charge < -0.3 is 0 Å². The van der Waals surface area contributed by atoms with Gasteiger partial charge >= 0.3 is 248 Å². The van der Waals surface area contributed by atoms with E-state index < -0.39 is 0 Å². The first-order valence-electron chi connectivity index (χ1n) is 15.6. The molecule has 0 bridgehead atoms. The van der Waals surface area contributed by atoms with E-state index in [-0.39, 0.29) is 0 Å². The van der Waals surface area contributed by atoms with E-state index in [0.717, 1.165) is 42.8 Å². The van der Waals surface area contributed by atoms with Crippen molar-refractivity contribution in [3.05, 3.63) is 170 Å². The summed E-state index contributed by atoms with van der Waals surface area (Å²) in [7, 11) is 0. The van der Waals surface area contributed by atoms with Crippen LogP contribution in [0.15, 0.2) is 170 Å². The molecule has 0 saturated heterocycles. The summed E-state index contributed by atoms with van der Waals surface area (Å²) < 4.78 is 6.16. The molecular weight excluding hydrogens is 751 g/mol. The molecule has 0 unspecified atom stereocenters. The van der Waals surface area contributed by atoms with E-state index in [4.69, 9.17) is 0 Å². The maximum absolute atomic E-state index is 2.41. The summed E-state index contributed by atoms with van der Waals surface area (Å²) in [5.41, 5.74) is 10.6. The van der Waals surface area contributed by atoms with Crippen LogP contribution in [0.5, 0.6) is 0 Å². The van der Waals surface area contributed by atoms with Crippen molar-refractivity contribution in [1.29, 1.82) is 0 Å². The van der Waals surface area contributed by atoms with Crippen LogP contribution in [0.3, 0.4) is 0 Å². The van der Waals surface area contributed by atoms with Crippen LogP contribution in [0.2, 0.25) is 0 Å². The van der Waals surface area contributed by atoms with Gasteiger partial charge in [0.05, 0.1) is 0 Å².